The molecule has 0 saturated carbocycles. The molecule has 4 atom stereocenters. The molecule has 2 N–H and O–H groups in total. The van der Waals surface area contributed by atoms with Gasteiger partial charge in [0.1, 0.15) is 13.2 Å². The van der Waals surface area contributed by atoms with Gasteiger partial charge in [-0.05, 0) is 53.1 Å². The number of esters is 1. The number of hydrogen-bond acceptors (Lipinski definition) is 7. The first kappa shape index (κ1) is 29.4. The van der Waals surface area contributed by atoms with E-state index in [-0.39, 0.29) is 37.4 Å². The molecule has 0 spiro atoms. The van der Waals surface area contributed by atoms with Crippen molar-refractivity contribution in [3.05, 3.63) is 71.8 Å². The summed E-state index contributed by atoms with van der Waals surface area (Å²) in [5.41, 5.74) is 2.59. The molecule has 4 unspecified atom stereocenters. The standard InChI is InChI=1S/C32H42O7/c1-4-5-6-7-24-8-13-30(36-18-24)28-12-11-25-14-27(10-9-26(25)15-28)29(19-37-31(35)22(2)16-33)20-38-32(21-39-32)23(3)17-34/h9-12,14-15,24,29-30,33-34H,2-8,13,16-21H2,1H3. The number of rotatable bonds is 15. The maximum absolute atomic E-state index is 12.2. The molecule has 7 nitrogen and oxygen atoms in total. The van der Waals surface area contributed by atoms with E-state index in [1.807, 2.05) is 6.07 Å². The second-order valence-corrected chi connectivity index (χ2v) is 10.8. The molecule has 2 fully saturated rings. The summed E-state index contributed by atoms with van der Waals surface area (Å²) in [5, 5.41) is 20.9. The van der Waals surface area contributed by atoms with Crippen LogP contribution in [0.2, 0.25) is 0 Å². The maximum Gasteiger partial charge on any atom is 0.335 e. The zero-order valence-corrected chi connectivity index (χ0v) is 23.0. The molecule has 2 aliphatic heterocycles. The largest absolute Gasteiger partial charge is 0.462 e. The molecule has 2 saturated heterocycles. The van der Waals surface area contributed by atoms with Gasteiger partial charge in [0.05, 0.1) is 38.1 Å². The van der Waals surface area contributed by atoms with E-state index < -0.39 is 18.4 Å². The number of fused-ring (bicyclic) bond motifs is 1. The van der Waals surface area contributed by atoms with Crippen LogP contribution >= 0.6 is 0 Å². The summed E-state index contributed by atoms with van der Waals surface area (Å²) < 4.78 is 23.2. The predicted octanol–water partition coefficient (Wildman–Crippen LogP) is 5.35. The minimum Gasteiger partial charge on any atom is -0.462 e. The summed E-state index contributed by atoms with van der Waals surface area (Å²) >= 11 is 0. The van der Waals surface area contributed by atoms with E-state index in [2.05, 4.69) is 50.4 Å². The van der Waals surface area contributed by atoms with Crippen LogP contribution in [0, 0.1) is 5.92 Å². The lowest BCUT2D eigenvalue weighted by Gasteiger charge is -2.29. The SMILES string of the molecule is C=C(CO)C(=O)OCC(COC1(C(=C)CO)CO1)c1ccc2cc(C3CCC(CCCCC)CO3)ccc2c1. The van der Waals surface area contributed by atoms with E-state index in [0.717, 1.165) is 29.4 Å². The Morgan fingerprint density at radius 1 is 1.08 bits per heavy atom. The minimum absolute atomic E-state index is 0.00595. The van der Waals surface area contributed by atoms with Gasteiger partial charge in [0.15, 0.2) is 0 Å². The molecule has 39 heavy (non-hydrogen) atoms. The van der Waals surface area contributed by atoms with Crippen molar-refractivity contribution in [2.24, 2.45) is 5.92 Å². The molecule has 212 valence electrons. The van der Waals surface area contributed by atoms with E-state index in [9.17, 15) is 15.0 Å². The van der Waals surface area contributed by atoms with Crippen molar-refractivity contribution >= 4 is 16.7 Å². The summed E-state index contributed by atoms with van der Waals surface area (Å²) in [6.07, 6.45) is 7.49. The van der Waals surface area contributed by atoms with Crippen molar-refractivity contribution in [1.29, 1.82) is 0 Å². The van der Waals surface area contributed by atoms with Crippen molar-refractivity contribution in [3.8, 4) is 0 Å². The third-order valence-electron chi connectivity index (χ3n) is 7.87. The Kier molecular flexibility index (Phi) is 10.3. The lowest BCUT2D eigenvalue weighted by atomic mass is 9.90. The average Bonchev–Trinajstić information content (AvgIpc) is 3.77. The Morgan fingerprint density at radius 3 is 2.51 bits per heavy atom. The summed E-state index contributed by atoms with van der Waals surface area (Å²) in [4.78, 5) is 12.2. The molecule has 0 bridgehead atoms. The fourth-order valence-electron chi connectivity index (χ4n) is 5.11. The number of carbonyl (C=O) groups excluding carboxylic acids is 1. The van der Waals surface area contributed by atoms with Crippen molar-refractivity contribution in [2.45, 2.75) is 63.3 Å². The number of epoxide rings is 1. The van der Waals surface area contributed by atoms with E-state index in [0.29, 0.717) is 18.1 Å². The molecule has 4 rings (SSSR count). The summed E-state index contributed by atoms with van der Waals surface area (Å²) in [6, 6.07) is 12.6. The molecule has 2 aromatic rings. The Hall–Kier alpha value is -2.55. The summed E-state index contributed by atoms with van der Waals surface area (Å²) in [6.45, 7) is 10.3. The molecule has 0 radical (unpaired) electrons. The van der Waals surface area contributed by atoms with Gasteiger partial charge in [0.2, 0.25) is 5.79 Å². The predicted molar refractivity (Wildman–Crippen MR) is 150 cm³/mol. The average molecular weight is 539 g/mol. The highest BCUT2D eigenvalue weighted by atomic mass is 16.8. The summed E-state index contributed by atoms with van der Waals surface area (Å²) in [5.74, 6) is -1.27. The van der Waals surface area contributed by atoms with Crippen LogP contribution in [0.1, 0.15) is 68.6 Å². The van der Waals surface area contributed by atoms with Crippen LogP contribution in [-0.4, -0.2) is 61.6 Å². The van der Waals surface area contributed by atoms with Crippen LogP contribution in [-0.2, 0) is 23.7 Å². The number of hydrogen-bond donors (Lipinski definition) is 2. The van der Waals surface area contributed by atoms with Crippen LogP contribution in [0.5, 0.6) is 0 Å². The molecule has 2 aliphatic rings. The topological polar surface area (TPSA) is 97.8 Å². The van der Waals surface area contributed by atoms with Crippen molar-refractivity contribution in [3.63, 3.8) is 0 Å². The van der Waals surface area contributed by atoms with Crippen LogP contribution in [0.3, 0.4) is 0 Å². The zero-order chi connectivity index (χ0) is 27.8. The van der Waals surface area contributed by atoms with Crippen LogP contribution in [0.4, 0.5) is 0 Å². The Bertz CT molecular complexity index is 1140. The van der Waals surface area contributed by atoms with E-state index in [4.69, 9.17) is 18.9 Å². The zero-order valence-electron chi connectivity index (χ0n) is 23.0. The fraction of sp³-hybridized carbons (Fsp3) is 0.531. The van der Waals surface area contributed by atoms with Crippen molar-refractivity contribution in [1.82, 2.24) is 0 Å². The van der Waals surface area contributed by atoms with Gasteiger partial charge in [-0.3, -0.25) is 0 Å². The van der Waals surface area contributed by atoms with Gasteiger partial charge in [-0.2, -0.15) is 0 Å². The molecular weight excluding hydrogens is 496 g/mol. The second-order valence-electron chi connectivity index (χ2n) is 10.8. The highest BCUT2D eigenvalue weighted by Crippen LogP contribution is 2.38. The van der Waals surface area contributed by atoms with Crippen molar-refractivity contribution < 1.29 is 34.0 Å². The fourth-order valence-corrected chi connectivity index (χ4v) is 5.11. The Labute approximate surface area is 231 Å². The molecule has 2 heterocycles. The maximum atomic E-state index is 12.2. The third-order valence-corrected chi connectivity index (χ3v) is 7.87. The van der Waals surface area contributed by atoms with Gasteiger partial charge in [-0.1, -0.05) is 69.7 Å². The number of aliphatic hydroxyl groups excluding tert-OH is 2. The molecule has 2 aromatic carbocycles. The van der Waals surface area contributed by atoms with Gasteiger partial charge in [0.25, 0.3) is 0 Å². The number of ether oxygens (including phenoxy) is 4. The lowest BCUT2D eigenvalue weighted by Crippen LogP contribution is -2.26. The van der Waals surface area contributed by atoms with Crippen LogP contribution in [0.15, 0.2) is 60.7 Å². The summed E-state index contributed by atoms with van der Waals surface area (Å²) in [7, 11) is 0. The third kappa shape index (κ3) is 7.56. The number of aliphatic hydroxyl groups is 2. The van der Waals surface area contributed by atoms with Gasteiger partial charge >= 0.3 is 5.97 Å². The van der Waals surface area contributed by atoms with Gasteiger partial charge < -0.3 is 29.2 Å². The van der Waals surface area contributed by atoms with Crippen LogP contribution < -0.4 is 0 Å². The number of unbranched alkanes of at least 4 members (excludes halogenated alkanes) is 2. The van der Waals surface area contributed by atoms with Gasteiger partial charge in [0, 0.05) is 11.5 Å². The molecule has 7 heteroatoms. The smallest absolute Gasteiger partial charge is 0.335 e. The highest BCUT2D eigenvalue weighted by molar-refractivity contribution is 5.88. The Morgan fingerprint density at radius 2 is 1.85 bits per heavy atom. The highest BCUT2D eigenvalue weighted by Gasteiger charge is 2.49. The van der Waals surface area contributed by atoms with E-state index >= 15 is 0 Å². The molecular formula is C32H42O7. The first-order valence-corrected chi connectivity index (χ1v) is 14.1. The Balaban J connectivity index is 1.45. The van der Waals surface area contributed by atoms with Gasteiger partial charge in [-0.25, -0.2) is 4.79 Å². The normalized spacial score (nSPS) is 23.4. The molecule has 0 aromatic heterocycles. The van der Waals surface area contributed by atoms with E-state index in [1.54, 1.807) is 0 Å². The van der Waals surface area contributed by atoms with Crippen LogP contribution in [0.25, 0.3) is 10.8 Å². The monoisotopic (exact) mass is 538 g/mol. The molecule has 0 aliphatic carbocycles. The number of benzene rings is 2. The first-order chi connectivity index (χ1) is 18.9. The minimum atomic E-state index is -0.994. The lowest BCUT2D eigenvalue weighted by molar-refractivity contribution is -0.140. The number of carbonyl (C=O) groups is 1. The van der Waals surface area contributed by atoms with Gasteiger partial charge in [-0.15, -0.1) is 0 Å². The van der Waals surface area contributed by atoms with E-state index in [1.165, 1.54) is 37.7 Å². The molecule has 0 amide bonds. The second kappa shape index (κ2) is 13.7. The van der Waals surface area contributed by atoms with Crippen molar-refractivity contribution in [2.75, 3.05) is 39.6 Å². The quantitative estimate of drug-likeness (QED) is 0.104. The first-order valence-electron chi connectivity index (χ1n) is 14.1.